The van der Waals surface area contributed by atoms with Gasteiger partial charge in [0.2, 0.25) is 0 Å². The van der Waals surface area contributed by atoms with Crippen molar-refractivity contribution in [1.29, 1.82) is 0 Å². The van der Waals surface area contributed by atoms with Gasteiger partial charge in [-0.15, -0.1) is 0 Å². The first-order valence-corrected chi connectivity index (χ1v) is 32.0. The molecule has 17 heteroatoms. The Morgan fingerprint density at radius 2 is 0.806 bits per heavy atom. The number of morpholine rings is 3. The van der Waals surface area contributed by atoms with Gasteiger partial charge in [0.05, 0.1) is 115 Å². The van der Waals surface area contributed by atoms with Crippen LogP contribution in [0.25, 0.3) is 33.8 Å². The zero-order chi connectivity index (χ0) is 63.1. The van der Waals surface area contributed by atoms with Gasteiger partial charge in [0.1, 0.15) is 0 Å². The molecular formula is C76H76N14O3. The fraction of sp³-hybridized carbons (Fsp3) is 0.237. The number of aromatic nitrogens is 8. The second-order valence-corrected chi connectivity index (χ2v) is 23.3. The van der Waals surface area contributed by atoms with Crippen molar-refractivity contribution in [3.63, 3.8) is 0 Å². The van der Waals surface area contributed by atoms with Crippen LogP contribution in [0.1, 0.15) is 78.9 Å². The molecule has 468 valence electrons. The third-order valence-corrected chi connectivity index (χ3v) is 17.2. The Balaban J connectivity index is 0.000000127. The molecular weight excluding hydrogens is 1160 g/mol. The Morgan fingerprint density at radius 1 is 0.398 bits per heavy atom. The molecule has 3 N–H and O–H groups in total. The van der Waals surface area contributed by atoms with Gasteiger partial charge in [0.15, 0.2) is 11.6 Å². The maximum Gasteiger partial charge on any atom is 0.175 e. The molecule has 3 saturated heterocycles. The number of hydrogen-bond acceptors (Lipinski definition) is 17. The molecule has 3 aromatic carbocycles. The number of anilines is 4. The Kier molecular flexibility index (Phi) is 19.6. The van der Waals surface area contributed by atoms with E-state index in [1.54, 1.807) is 0 Å². The molecule has 0 bridgehead atoms. The number of pyridine rings is 4. The first-order valence-electron chi connectivity index (χ1n) is 32.0. The van der Waals surface area contributed by atoms with Gasteiger partial charge in [0, 0.05) is 142 Å². The van der Waals surface area contributed by atoms with Crippen LogP contribution < -0.4 is 30.7 Å². The predicted octanol–water partition coefficient (Wildman–Crippen LogP) is 11.3. The SMILES string of the molecule is C=C(NCCc1ccccc1)c1ccc(C2=CCc3ncc(N4CCOCC4)cc32)cn1.C=C(NCc1ccccc1)c1ncc(C2=CCc3ncc(N4CCOCC4)cc32)cn1.C=C(Nc1ccccc1)c1ncc(C2=CCc3ncc(N4CCOCC4)cc32)cn1. The number of nitrogens with zero attached hydrogens (tertiary/aromatic N) is 11. The van der Waals surface area contributed by atoms with E-state index in [0.717, 1.165) is 190 Å². The van der Waals surface area contributed by atoms with E-state index in [0.29, 0.717) is 29.6 Å². The normalized spacial score (nSPS) is 15.4. The molecule has 6 aliphatic rings. The van der Waals surface area contributed by atoms with Gasteiger partial charge in [-0.1, -0.05) is 123 Å². The van der Waals surface area contributed by atoms with Crippen LogP contribution in [0.4, 0.5) is 22.7 Å². The molecule has 0 atom stereocenters. The summed E-state index contributed by atoms with van der Waals surface area (Å²) in [5.74, 6) is 1.19. The first kappa shape index (κ1) is 61.4. The summed E-state index contributed by atoms with van der Waals surface area (Å²) in [6, 6.07) is 41.5. The summed E-state index contributed by atoms with van der Waals surface area (Å²) < 4.78 is 16.4. The van der Waals surface area contributed by atoms with Crippen LogP contribution in [-0.2, 0) is 46.4 Å². The molecule has 93 heavy (non-hydrogen) atoms. The Bertz CT molecular complexity index is 4160. The van der Waals surface area contributed by atoms with E-state index in [-0.39, 0.29) is 0 Å². The highest BCUT2D eigenvalue weighted by Gasteiger charge is 2.25. The number of nitrogens with one attached hydrogen (secondary N) is 3. The molecule has 0 amide bonds. The average molecular weight is 1230 g/mol. The third-order valence-electron chi connectivity index (χ3n) is 17.2. The minimum Gasteiger partial charge on any atom is -0.383 e. The zero-order valence-corrected chi connectivity index (χ0v) is 52.4. The Labute approximate surface area is 544 Å². The highest BCUT2D eigenvalue weighted by Crippen LogP contribution is 2.37. The fourth-order valence-corrected chi connectivity index (χ4v) is 12.1. The van der Waals surface area contributed by atoms with Crippen molar-refractivity contribution < 1.29 is 14.2 Å². The van der Waals surface area contributed by atoms with Crippen LogP contribution in [0.5, 0.6) is 0 Å². The number of rotatable bonds is 18. The summed E-state index contributed by atoms with van der Waals surface area (Å²) in [6.45, 7) is 23.9. The summed E-state index contributed by atoms with van der Waals surface area (Å²) in [5.41, 5.74) is 23.5. The van der Waals surface area contributed by atoms with Gasteiger partial charge < -0.3 is 44.9 Å². The summed E-state index contributed by atoms with van der Waals surface area (Å²) in [7, 11) is 0. The maximum atomic E-state index is 5.49. The Morgan fingerprint density at radius 3 is 1.25 bits per heavy atom. The quantitative estimate of drug-likeness (QED) is 0.0739. The smallest absolute Gasteiger partial charge is 0.175 e. The van der Waals surface area contributed by atoms with E-state index < -0.39 is 0 Å². The lowest BCUT2D eigenvalue weighted by Gasteiger charge is -2.29. The molecule has 6 aromatic heterocycles. The minimum absolute atomic E-state index is 0.585. The van der Waals surface area contributed by atoms with Crippen LogP contribution in [0.15, 0.2) is 209 Å². The topological polar surface area (TPSA) is 177 Å². The predicted molar refractivity (Wildman–Crippen MR) is 371 cm³/mol. The van der Waals surface area contributed by atoms with E-state index in [4.69, 9.17) is 29.2 Å². The molecule has 9 aromatic rings. The molecule has 0 spiro atoms. The zero-order valence-electron chi connectivity index (χ0n) is 52.4. The van der Waals surface area contributed by atoms with Crippen molar-refractivity contribution >= 4 is 56.6 Å². The van der Waals surface area contributed by atoms with E-state index in [1.165, 1.54) is 33.5 Å². The van der Waals surface area contributed by atoms with Crippen LogP contribution in [0, 0.1) is 0 Å². The summed E-state index contributed by atoms with van der Waals surface area (Å²) in [4.78, 5) is 44.0. The lowest BCUT2D eigenvalue weighted by Crippen LogP contribution is -2.36. The van der Waals surface area contributed by atoms with E-state index >= 15 is 0 Å². The van der Waals surface area contributed by atoms with Gasteiger partial charge >= 0.3 is 0 Å². The number of ether oxygens (including phenoxy) is 3. The standard InChI is InChI=1S/C27H28N4O.C25H25N5O.C24H23N5O/c1-20(28-12-11-21-5-3-2-4-6-21)26-9-7-22(18-29-26)24-8-10-27-25(24)17-23(19-30-27)31-13-15-32-16-14-31;1-18(26-14-19-5-3-2-4-6-19)25-28-15-20(16-29-25)22-7-8-24-23(22)13-21(17-27-24)30-9-11-31-12-10-30;1-17(28-19-5-3-2-4-6-19)24-26-14-18(15-27-24)21-7-8-23-22(21)13-20(16-25-23)29-9-11-30-12-10-29/h2-9,17-19,28H,1,10-16H2;2-7,13,15-17,26H,1,8-12,14H2;2-7,13-16,28H,1,8-12H2. The van der Waals surface area contributed by atoms with Gasteiger partial charge in [0.25, 0.3) is 0 Å². The minimum atomic E-state index is 0.585. The molecule has 3 fully saturated rings. The molecule has 15 rings (SSSR count). The first-order chi connectivity index (χ1) is 45.8. The number of fused-ring (bicyclic) bond motifs is 3. The van der Waals surface area contributed by atoms with E-state index in [1.807, 2.05) is 110 Å². The highest BCUT2D eigenvalue weighted by molar-refractivity contribution is 5.87. The molecule has 0 radical (unpaired) electrons. The molecule has 17 nitrogen and oxygen atoms in total. The van der Waals surface area contributed by atoms with E-state index in [2.05, 4.69) is 154 Å². The van der Waals surface area contributed by atoms with Gasteiger partial charge in [-0.25, -0.2) is 19.9 Å². The van der Waals surface area contributed by atoms with Crippen molar-refractivity contribution in [2.24, 2.45) is 0 Å². The molecule has 3 aliphatic carbocycles. The van der Waals surface area contributed by atoms with Crippen LogP contribution in [-0.4, -0.2) is 125 Å². The summed E-state index contributed by atoms with van der Waals surface area (Å²) in [6.07, 6.45) is 25.5. The average Bonchev–Trinajstić information content (AvgIpc) is 1.74. The fourth-order valence-electron chi connectivity index (χ4n) is 12.1. The van der Waals surface area contributed by atoms with Crippen LogP contribution >= 0.6 is 0 Å². The highest BCUT2D eigenvalue weighted by atomic mass is 16.5. The number of para-hydroxylation sites is 1. The van der Waals surface area contributed by atoms with Crippen molar-refractivity contribution in [2.75, 3.05) is 105 Å². The molecule has 9 heterocycles. The van der Waals surface area contributed by atoms with Crippen molar-refractivity contribution in [3.8, 4) is 0 Å². The largest absolute Gasteiger partial charge is 0.383 e. The van der Waals surface area contributed by atoms with Crippen LogP contribution in [0.2, 0.25) is 0 Å². The second-order valence-electron chi connectivity index (χ2n) is 23.3. The number of benzene rings is 3. The number of allylic oxidation sites excluding steroid dienone is 3. The van der Waals surface area contributed by atoms with Crippen molar-refractivity contribution in [1.82, 2.24) is 50.5 Å². The van der Waals surface area contributed by atoms with Gasteiger partial charge in [-0.05, 0) is 70.7 Å². The van der Waals surface area contributed by atoms with Gasteiger partial charge in [-0.3, -0.25) is 19.9 Å². The molecule has 3 aliphatic heterocycles. The third kappa shape index (κ3) is 15.1. The van der Waals surface area contributed by atoms with Crippen LogP contribution in [0.3, 0.4) is 0 Å². The number of hydrogen-bond donors (Lipinski definition) is 3. The summed E-state index contributed by atoms with van der Waals surface area (Å²) in [5, 5.41) is 9.95. The summed E-state index contributed by atoms with van der Waals surface area (Å²) >= 11 is 0. The second kappa shape index (κ2) is 29.7. The maximum absolute atomic E-state index is 5.49. The lowest BCUT2D eigenvalue weighted by molar-refractivity contribution is 0.122. The van der Waals surface area contributed by atoms with Crippen molar-refractivity contribution in [2.45, 2.75) is 32.2 Å². The van der Waals surface area contributed by atoms with Crippen molar-refractivity contribution in [3.05, 3.63) is 288 Å². The Hall–Kier alpha value is -10.5. The van der Waals surface area contributed by atoms with E-state index in [9.17, 15) is 0 Å². The monoisotopic (exact) mass is 1230 g/mol. The molecule has 0 unspecified atom stereocenters. The molecule has 0 saturated carbocycles. The van der Waals surface area contributed by atoms with Gasteiger partial charge in [-0.2, -0.15) is 0 Å². The lowest BCUT2D eigenvalue weighted by atomic mass is 10.0.